The maximum atomic E-state index is 11.9. The molecule has 0 bridgehead atoms. The van der Waals surface area contributed by atoms with E-state index < -0.39 is 10.1 Å². The van der Waals surface area contributed by atoms with E-state index in [4.69, 9.17) is 4.74 Å². The van der Waals surface area contributed by atoms with Gasteiger partial charge in [-0.1, -0.05) is 17.7 Å². The Bertz CT molecular complexity index is 516. The molecule has 18 heavy (non-hydrogen) atoms. The largest absolute Gasteiger partial charge is 0.381 e. The van der Waals surface area contributed by atoms with Gasteiger partial charge in [0.25, 0.3) is 10.1 Å². The van der Waals surface area contributed by atoms with Crippen molar-refractivity contribution in [3.8, 4) is 0 Å². The van der Waals surface area contributed by atoms with Crippen LogP contribution in [0, 0.1) is 6.92 Å². The third-order valence-corrected chi connectivity index (χ3v) is 4.60. The average molecular weight is 270 g/mol. The van der Waals surface area contributed by atoms with Gasteiger partial charge in [-0.05, 0) is 31.4 Å². The third-order valence-electron chi connectivity index (χ3n) is 3.25. The second-order valence-corrected chi connectivity index (χ2v) is 6.26. The van der Waals surface area contributed by atoms with Crippen molar-refractivity contribution in [3.05, 3.63) is 29.3 Å². The van der Waals surface area contributed by atoms with Crippen LogP contribution in [-0.2, 0) is 19.0 Å². The molecule has 1 aromatic carbocycles. The van der Waals surface area contributed by atoms with Gasteiger partial charge in [0.1, 0.15) is 0 Å². The van der Waals surface area contributed by atoms with E-state index in [2.05, 4.69) is 4.18 Å². The van der Waals surface area contributed by atoms with Crippen molar-refractivity contribution in [1.82, 2.24) is 0 Å². The molecular formula is C13H18O4S. The molecule has 0 spiro atoms. The minimum absolute atomic E-state index is 0.138. The zero-order valence-corrected chi connectivity index (χ0v) is 11.5. The highest BCUT2D eigenvalue weighted by Gasteiger charge is 2.25. The van der Waals surface area contributed by atoms with Gasteiger partial charge in [0.2, 0.25) is 0 Å². The van der Waals surface area contributed by atoms with Crippen molar-refractivity contribution in [2.24, 2.45) is 0 Å². The molecule has 5 heteroatoms. The van der Waals surface area contributed by atoms with Crippen molar-refractivity contribution < 1.29 is 17.3 Å². The lowest BCUT2D eigenvalue weighted by Crippen LogP contribution is -2.18. The predicted octanol–water partition coefficient (Wildman–Crippen LogP) is 2.22. The van der Waals surface area contributed by atoms with Gasteiger partial charge < -0.3 is 4.74 Å². The molecule has 2 rings (SSSR count). The predicted molar refractivity (Wildman–Crippen MR) is 68.2 cm³/mol. The fourth-order valence-electron chi connectivity index (χ4n) is 2.29. The van der Waals surface area contributed by atoms with E-state index in [1.165, 1.54) is 7.11 Å². The summed E-state index contributed by atoms with van der Waals surface area (Å²) in [5, 5.41) is 0. The highest BCUT2D eigenvalue weighted by atomic mass is 32.2. The van der Waals surface area contributed by atoms with Gasteiger partial charge in [0.15, 0.2) is 0 Å². The van der Waals surface area contributed by atoms with Crippen LogP contribution in [0.2, 0.25) is 0 Å². The molecule has 0 aliphatic carbocycles. The first-order valence-corrected chi connectivity index (χ1v) is 7.44. The fraction of sp³-hybridized carbons (Fsp3) is 0.538. The van der Waals surface area contributed by atoms with Crippen LogP contribution in [0.15, 0.2) is 23.1 Å². The summed E-state index contributed by atoms with van der Waals surface area (Å²) in [6, 6.07) is 5.34. The molecule has 0 aromatic heterocycles. The molecule has 1 saturated heterocycles. The molecule has 100 valence electrons. The molecule has 1 unspecified atom stereocenters. The molecule has 1 aliphatic heterocycles. The van der Waals surface area contributed by atoms with Crippen molar-refractivity contribution in [2.45, 2.75) is 30.6 Å². The summed E-state index contributed by atoms with van der Waals surface area (Å²) in [6.45, 7) is 3.29. The van der Waals surface area contributed by atoms with Crippen LogP contribution >= 0.6 is 0 Å². The van der Waals surface area contributed by atoms with E-state index >= 15 is 0 Å². The summed E-state index contributed by atoms with van der Waals surface area (Å²) in [7, 11) is -2.46. The van der Waals surface area contributed by atoms with Gasteiger partial charge in [-0.3, -0.25) is 4.18 Å². The Kier molecular flexibility index (Phi) is 4.04. The number of rotatable bonds is 3. The van der Waals surface area contributed by atoms with Crippen molar-refractivity contribution in [3.63, 3.8) is 0 Å². The Balaban J connectivity index is 2.46. The Hall–Kier alpha value is -0.910. The maximum Gasteiger partial charge on any atom is 0.296 e. The van der Waals surface area contributed by atoms with Gasteiger partial charge >= 0.3 is 0 Å². The van der Waals surface area contributed by atoms with Gasteiger partial charge in [-0.25, -0.2) is 0 Å². The molecule has 1 aromatic rings. The minimum Gasteiger partial charge on any atom is -0.381 e. The number of ether oxygens (including phenoxy) is 1. The number of benzene rings is 1. The standard InChI is InChI=1S/C13H18O4S/c1-10-5-6-13(18(14,15)16-2)12(8-10)11-4-3-7-17-9-11/h5-6,8,11H,3-4,7,9H2,1-2H3. The lowest BCUT2D eigenvalue weighted by Gasteiger charge is -2.24. The van der Waals surface area contributed by atoms with E-state index in [0.29, 0.717) is 6.61 Å². The molecule has 0 N–H and O–H groups in total. The first-order valence-electron chi connectivity index (χ1n) is 6.03. The van der Waals surface area contributed by atoms with Crippen molar-refractivity contribution in [1.29, 1.82) is 0 Å². The first kappa shape index (κ1) is 13.5. The van der Waals surface area contributed by atoms with E-state index in [-0.39, 0.29) is 10.8 Å². The lowest BCUT2D eigenvalue weighted by atomic mass is 9.92. The van der Waals surface area contributed by atoms with Crippen LogP contribution in [0.3, 0.4) is 0 Å². The Morgan fingerprint density at radius 2 is 2.17 bits per heavy atom. The van der Waals surface area contributed by atoms with Gasteiger partial charge in [-0.15, -0.1) is 0 Å². The number of hydrogen-bond donors (Lipinski definition) is 0. The molecule has 1 fully saturated rings. The normalized spacial score (nSPS) is 20.9. The smallest absolute Gasteiger partial charge is 0.296 e. The quantitative estimate of drug-likeness (QED) is 0.790. The molecule has 4 nitrogen and oxygen atoms in total. The van der Waals surface area contributed by atoms with E-state index in [0.717, 1.165) is 30.6 Å². The van der Waals surface area contributed by atoms with Crippen LogP contribution in [0.25, 0.3) is 0 Å². The topological polar surface area (TPSA) is 52.6 Å². The fourth-order valence-corrected chi connectivity index (χ4v) is 3.22. The number of aryl methyl sites for hydroxylation is 1. The third kappa shape index (κ3) is 2.74. The van der Waals surface area contributed by atoms with Gasteiger partial charge in [0, 0.05) is 12.5 Å². The molecule has 1 aliphatic rings. The summed E-state index contributed by atoms with van der Waals surface area (Å²) in [5.74, 6) is 0.138. The summed E-state index contributed by atoms with van der Waals surface area (Å²) in [5.41, 5.74) is 1.86. The molecular weight excluding hydrogens is 252 g/mol. The summed E-state index contributed by atoms with van der Waals surface area (Å²) >= 11 is 0. The number of hydrogen-bond acceptors (Lipinski definition) is 4. The monoisotopic (exact) mass is 270 g/mol. The van der Waals surface area contributed by atoms with Gasteiger partial charge in [0.05, 0.1) is 18.6 Å². The second kappa shape index (κ2) is 5.38. The first-order chi connectivity index (χ1) is 8.54. The Labute approximate surface area is 108 Å². The van der Waals surface area contributed by atoms with Crippen LogP contribution in [0.4, 0.5) is 0 Å². The molecule has 0 saturated carbocycles. The van der Waals surface area contributed by atoms with Crippen molar-refractivity contribution >= 4 is 10.1 Å². The Morgan fingerprint density at radius 3 is 2.78 bits per heavy atom. The van der Waals surface area contributed by atoms with Crippen LogP contribution in [0.5, 0.6) is 0 Å². The van der Waals surface area contributed by atoms with Gasteiger partial charge in [-0.2, -0.15) is 8.42 Å². The van der Waals surface area contributed by atoms with E-state index in [1.54, 1.807) is 12.1 Å². The SMILES string of the molecule is COS(=O)(=O)c1ccc(C)cc1C1CCCOC1. The van der Waals surface area contributed by atoms with Crippen LogP contribution in [0.1, 0.15) is 29.9 Å². The van der Waals surface area contributed by atoms with Crippen molar-refractivity contribution in [2.75, 3.05) is 20.3 Å². The molecule has 0 radical (unpaired) electrons. The maximum absolute atomic E-state index is 11.9. The highest BCUT2D eigenvalue weighted by molar-refractivity contribution is 7.86. The van der Waals surface area contributed by atoms with E-state index in [1.807, 2.05) is 13.0 Å². The minimum atomic E-state index is -3.65. The molecule has 1 heterocycles. The average Bonchev–Trinajstić information content (AvgIpc) is 2.39. The second-order valence-electron chi connectivity index (χ2n) is 4.58. The highest BCUT2D eigenvalue weighted by Crippen LogP contribution is 2.31. The molecule has 0 amide bonds. The summed E-state index contributed by atoms with van der Waals surface area (Å²) in [6.07, 6.45) is 1.92. The summed E-state index contributed by atoms with van der Waals surface area (Å²) in [4.78, 5) is 0.270. The summed E-state index contributed by atoms with van der Waals surface area (Å²) < 4.78 is 33.9. The van der Waals surface area contributed by atoms with E-state index in [9.17, 15) is 8.42 Å². The lowest BCUT2D eigenvalue weighted by molar-refractivity contribution is 0.0796. The zero-order chi connectivity index (χ0) is 13.2. The Morgan fingerprint density at radius 1 is 1.39 bits per heavy atom. The molecule has 1 atom stereocenters. The van der Waals surface area contributed by atoms with Crippen LogP contribution in [-0.4, -0.2) is 28.7 Å². The van der Waals surface area contributed by atoms with Crippen LogP contribution < -0.4 is 0 Å². The zero-order valence-electron chi connectivity index (χ0n) is 10.7.